The number of halogens is 3. The third-order valence-corrected chi connectivity index (χ3v) is 7.33. The Labute approximate surface area is 216 Å². The van der Waals surface area contributed by atoms with E-state index in [0.29, 0.717) is 6.42 Å². The number of carbonyl (C=O) groups is 1. The average Bonchev–Trinajstić information content (AvgIpc) is 2.93. The summed E-state index contributed by atoms with van der Waals surface area (Å²) >= 11 is 0. The number of hydrogen-bond acceptors (Lipinski definition) is 4. The molecule has 7 heteroatoms. The smallest absolute Gasteiger partial charge is 0.416 e. The van der Waals surface area contributed by atoms with Crippen LogP contribution in [-0.4, -0.2) is 50.7 Å². The minimum absolute atomic E-state index is 0.212. The van der Waals surface area contributed by atoms with Gasteiger partial charge in [0, 0.05) is 31.9 Å². The number of nitrogens with zero attached hydrogens (tertiary/aromatic N) is 2. The largest absolute Gasteiger partial charge is 0.468 e. The van der Waals surface area contributed by atoms with Crippen molar-refractivity contribution < 1.29 is 22.7 Å². The summed E-state index contributed by atoms with van der Waals surface area (Å²) in [6, 6.07) is 23.1. The molecule has 0 amide bonds. The summed E-state index contributed by atoms with van der Waals surface area (Å²) in [6.45, 7) is 6.40. The number of hydrogen-bond donors (Lipinski definition) is 0. The molecule has 0 saturated carbocycles. The number of benzene rings is 3. The first kappa shape index (κ1) is 26.7. The van der Waals surface area contributed by atoms with Gasteiger partial charge in [-0.1, -0.05) is 54.6 Å². The molecule has 0 aliphatic carbocycles. The molecule has 1 aliphatic rings. The maximum atomic E-state index is 12.9. The number of carbonyl (C=O) groups excluding carboxylic acids is 1. The normalized spacial score (nSPS) is 16.3. The van der Waals surface area contributed by atoms with Gasteiger partial charge in [0.15, 0.2) is 0 Å². The zero-order valence-electron chi connectivity index (χ0n) is 21.3. The van der Waals surface area contributed by atoms with E-state index < -0.39 is 17.2 Å². The molecular formula is C30H33F3N2O2. The van der Waals surface area contributed by atoms with Crippen molar-refractivity contribution in [2.75, 3.05) is 44.7 Å². The molecule has 0 radical (unpaired) electrons. The molecule has 196 valence electrons. The highest BCUT2D eigenvalue weighted by atomic mass is 19.4. The van der Waals surface area contributed by atoms with E-state index in [1.807, 2.05) is 61.5 Å². The molecule has 0 spiro atoms. The van der Waals surface area contributed by atoms with Crippen LogP contribution in [0, 0.1) is 0 Å². The van der Waals surface area contributed by atoms with Gasteiger partial charge in [0.1, 0.15) is 0 Å². The highest BCUT2D eigenvalue weighted by molar-refractivity contribution is 5.82. The van der Waals surface area contributed by atoms with Crippen LogP contribution < -0.4 is 4.90 Å². The van der Waals surface area contributed by atoms with E-state index >= 15 is 0 Å². The Bertz CT molecular complexity index is 1170. The van der Waals surface area contributed by atoms with Gasteiger partial charge >= 0.3 is 12.1 Å². The summed E-state index contributed by atoms with van der Waals surface area (Å²) in [7, 11) is 1.44. The first-order chi connectivity index (χ1) is 17.7. The maximum Gasteiger partial charge on any atom is 0.416 e. The Morgan fingerprint density at radius 3 is 2.14 bits per heavy atom. The van der Waals surface area contributed by atoms with Crippen LogP contribution in [0.15, 0.2) is 78.9 Å². The molecule has 1 fully saturated rings. The third-order valence-electron chi connectivity index (χ3n) is 7.33. The summed E-state index contributed by atoms with van der Waals surface area (Å²) in [5.74, 6) is -0.212. The summed E-state index contributed by atoms with van der Waals surface area (Å²) in [4.78, 5) is 17.3. The van der Waals surface area contributed by atoms with Gasteiger partial charge in [0.05, 0.1) is 18.1 Å². The lowest BCUT2D eigenvalue weighted by Gasteiger charge is -2.37. The van der Waals surface area contributed by atoms with Crippen molar-refractivity contribution in [1.82, 2.24) is 4.90 Å². The van der Waals surface area contributed by atoms with Crippen molar-refractivity contribution in [3.63, 3.8) is 0 Å². The molecule has 0 aromatic heterocycles. The number of rotatable bonds is 8. The Balaban J connectivity index is 1.32. The Hall–Kier alpha value is -3.32. The van der Waals surface area contributed by atoms with Gasteiger partial charge in [-0.25, -0.2) is 0 Å². The SMILES string of the molecule is COC(=O)C(C)(CCCN1CCN(c2cccc(-c3ccc(C(F)(F)F)cc3)c2)CC1)c1ccccc1. The fourth-order valence-corrected chi connectivity index (χ4v) is 5.02. The second kappa shape index (κ2) is 11.4. The van der Waals surface area contributed by atoms with Crippen LogP contribution in [-0.2, 0) is 21.1 Å². The minimum atomic E-state index is -4.33. The number of methoxy groups -OCH3 is 1. The van der Waals surface area contributed by atoms with E-state index in [4.69, 9.17) is 4.74 Å². The second-order valence-electron chi connectivity index (χ2n) is 9.75. The molecule has 3 aromatic rings. The molecule has 1 atom stereocenters. The van der Waals surface area contributed by atoms with E-state index in [-0.39, 0.29) is 5.97 Å². The lowest BCUT2D eigenvalue weighted by atomic mass is 9.78. The zero-order chi connectivity index (χ0) is 26.5. The molecule has 1 saturated heterocycles. The quantitative estimate of drug-likeness (QED) is 0.328. The monoisotopic (exact) mass is 510 g/mol. The molecule has 0 bridgehead atoms. The summed E-state index contributed by atoms with van der Waals surface area (Å²) in [5, 5.41) is 0. The fraction of sp³-hybridized carbons (Fsp3) is 0.367. The second-order valence-corrected chi connectivity index (χ2v) is 9.75. The van der Waals surface area contributed by atoms with Crippen molar-refractivity contribution in [2.45, 2.75) is 31.4 Å². The van der Waals surface area contributed by atoms with Crippen molar-refractivity contribution >= 4 is 11.7 Å². The van der Waals surface area contributed by atoms with E-state index in [9.17, 15) is 18.0 Å². The third kappa shape index (κ3) is 6.34. The van der Waals surface area contributed by atoms with Crippen molar-refractivity contribution in [3.05, 3.63) is 90.0 Å². The van der Waals surface area contributed by atoms with Gasteiger partial charge in [-0.05, 0) is 67.3 Å². The van der Waals surface area contributed by atoms with Gasteiger partial charge in [-0.2, -0.15) is 13.2 Å². The van der Waals surface area contributed by atoms with Crippen molar-refractivity contribution in [3.8, 4) is 11.1 Å². The molecule has 37 heavy (non-hydrogen) atoms. The molecule has 3 aromatic carbocycles. The predicted octanol–water partition coefficient (Wildman–Crippen LogP) is 6.41. The van der Waals surface area contributed by atoms with Crippen LogP contribution in [0.2, 0.25) is 0 Å². The molecule has 4 nitrogen and oxygen atoms in total. The van der Waals surface area contributed by atoms with Gasteiger partial charge in [0.2, 0.25) is 0 Å². The molecule has 1 unspecified atom stereocenters. The number of ether oxygens (including phenoxy) is 1. The van der Waals surface area contributed by atoms with Crippen molar-refractivity contribution in [1.29, 1.82) is 0 Å². The number of piperazine rings is 1. The van der Waals surface area contributed by atoms with Crippen LogP contribution in [0.25, 0.3) is 11.1 Å². The van der Waals surface area contributed by atoms with Crippen LogP contribution >= 0.6 is 0 Å². The number of alkyl halides is 3. The van der Waals surface area contributed by atoms with E-state index in [0.717, 1.165) is 73.7 Å². The topological polar surface area (TPSA) is 32.8 Å². The standard InChI is InChI=1S/C30H33F3N2O2/c1-29(28(36)37-2,25-9-4-3-5-10-25)16-7-17-34-18-20-35(21-19-34)27-11-6-8-24(22-27)23-12-14-26(15-13-23)30(31,32)33/h3-6,8-15,22H,7,16-21H2,1-2H3. The molecule has 0 N–H and O–H groups in total. The van der Waals surface area contributed by atoms with E-state index in [1.54, 1.807) is 0 Å². The zero-order valence-corrected chi connectivity index (χ0v) is 21.3. The highest BCUT2D eigenvalue weighted by Gasteiger charge is 2.36. The van der Waals surface area contributed by atoms with Gasteiger partial charge in [0.25, 0.3) is 0 Å². The van der Waals surface area contributed by atoms with Gasteiger partial charge in [-0.3, -0.25) is 9.69 Å². The summed E-state index contributed by atoms with van der Waals surface area (Å²) in [6.07, 6.45) is -2.75. The van der Waals surface area contributed by atoms with Crippen LogP contribution in [0.5, 0.6) is 0 Å². The summed E-state index contributed by atoms with van der Waals surface area (Å²) < 4.78 is 43.8. The van der Waals surface area contributed by atoms with Crippen molar-refractivity contribution in [2.24, 2.45) is 0 Å². The Kier molecular flexibility index (Phi) is 8.22. The molecule has 4 rings (SSSR count). The molecule has 1 heterocycles. The minimum Gasteiger partial charge on any atom is -0.468 e. The lowest BCUT2D eigenvalue weighted by Crippen LogP contribution is -2.47. The van der Waals surface area contributed by atoms with Gasteiger partial charge in [-0.15, -0.1) is 0 Å². The van der Waals surface area contributed by atoms with E-state index in [2.05, 4.69) is 9.80 Å². The lowest BCUT2D eigenvalue weighted by molar-refractivity contribution is -0.147. The Morgan fingerprint density at radius 2 is 1.51 bits per heavy atom. The van der Waals surface area contributed by atoms with Gasteiger partial charge < -0.3 is 9.64 Å². The Morgan fingerprint density at radius 1 is 0.838 bits per heavy atom. The van der Waals surface area contributed by atoms with Crippen LogP contribution in [0.3, 0.4) is 0 Å². The number of esters is 1. The summed E-state index contributed by atoms with van der Waals surface area (Å²) in [5.41, 5.74) is 2.40. The first-order valence-electron chi connectivity index (χ1n) is 12.6. The average molecular weight is 511 g/mol. The molecule has 1 aliphatic heterocycles. The highest BCUT2D eigenvalue weighted by Crippen LogP contribution is 2.33. The fourth-order valence-electron chi connectivity index (χ4n) is 5.02. The molecular weight excluding hydrogens is 477 g/mol. The first-order valence-corrected chi connectivity index (χ1v) is 12.6. The number of anilines is 1. The van der Waals surface area contributed by atoms with Crippen LogP contribution in [0.4, 0.5) is 18.9 Å². The maximum absolute atomic E-state index is 12.9. The van der Waals surface area contributed by atoms with Crippen LogP contribution in [0.1, 0.15) is 30.9 Å². The van der Waals surface area contributed by atoms with E-state index in [1.165, 1.54) is 19.2 Å². The predicted molar refractivity (Wildman–Crippen MR) is 141 cm³/mol.